The van der Waals surface area contributed by atoms with Gasteiger partial charge >= 0.3 is 0 Å². The lowest BCUT2D eigenvalue weighted by Crippen LogP contribution is -2.30. The largest absolute Gasteiger partial charge is 0.507 e. The topological polar surface area (TPSA) is 80.0 Å². The third kappa shape index (κ3) is 3.32. The number of aliphatic hydroxyl groups is 1. The quantitative estimate of drug-likeness (QED) is 0.473. The summed E-state index contributed by atoms with van der Waals surface area (Å²) in [5, 5.41) is 11.3. The van der Waals surface area contributed by atoms with Crippen molar-refractivity contribution in [2.24, 2.45) is 0 Å². The van der Waals surface area contributed by atoms with Gasteiger partial charge in [0.2, 0.25) is 0 Å². The van der Waals surface area contributed by atoms with E-state index in [2.05, 4.69) is 0 Å². The van der Waals surface area contributed by atoms with Crippen LogP contribution in [0.25, 0.3) is 5.76 Å². The average Bonchev–Trinajstić information content (AvgIpc) is 3.18. The predicted molar refractivity (Wildman–Crippen MR) is 101 cm³/mol. The van der Waals surface area contributed by atoms with Crippen molar-refractivity contribution in [2.75, 3.05) is 13.7 Å². The number of furan rings is 1. The molecule has 0 saturated carbocycles. The summed E-state index contributed by atoms with van der Waals surface area (Å²) in [6.07, 6.45) is 0.665. The summed E-state index contributed by atoms with van der Waals surface area (Å²) in [5.41, 5.74) is 0.325. The molecule has 1 N–H and O–H groups in total. The van der Waals surface area contributed by atoms with Gasteiger partial charge in [-0.2, -0.15) is 0 Å². The summed E-state index contributed by atoms with van der Waals surface area (Å²) in [6.45, 7) is 4.06. The molecule has 1 aliphatic heterocycles. The zero-order valence-electron chi connectivity index (χ0n) is 15.3. The Balaban J connectivity index is 2.18. The lowest BCUT2D eigenvalue weighted by atomic mass is 9.99. The minimum atomic E-state index is -0.777. The van der Waals surface area contributed by atoms with E-state index in [-0.39, 0.29) is 11.3 Å². The van der Waals surface area contributed by atoms with Crippen LogP contribution in [0.15, 0.2) is 40.3 Å². The summed E-state index contributed by atoms with van der Waals surface area (Å²) in [5.74, 6) is -0.245. The van der Waals surface area contributed by atoms with Crippen molar-refractivity contribution in [3.8, 4) is 5.75 Å². The van der Waals surface area contributed by atoms with E-state index in [1.54, 1.807) is 31.2 Å². The molecule has 0 aliphatic carbocycles. The van der Waals surface area contributed by atoms with Crippen molar-refractivity contribution in [1.82, 2.24) is 4.90 Å². The molecule has 0 radical (unpaired) electrons. The molecule has 2 aromatic rings. The third-order valence-electron chi connectivity index (χ3n) is 4.46. The van der Waals surface area contributed by atoms with Crippen molar-refractivity contribution < 1.29 is 23.8 Å². The Kier molecular flexibility index (Phi) is 5.28. The monoisotopic (exact) mass is 389 g/mol. The number of hydrogen-bond acceptors (Lipinski definition) is 5. The second-order valence-electron chi connectivity index (χ2n) is 6.29. The molecule has 2 heterocycles. The Morgan fingerprint density at radius 1 is 1.30 bits per heavy atom. The number of ketones is 1. The van der Waals surface area contributed by atoms with Gasteiger partial charge in [-0.15, -0.1) is 0 Å². The van der Waals surface area contributed by atoms with Crippen LogP contribution in [0.3, 0.4) is 0 Å². The summed E-state index contributed by atoms with van der Waals surface area (Å²) < 4.78 is 10.9. The van der Waals surface area contributed by atoms with Gasteiger partial charge in [0.1, 0.15) is 29.1 Å². The number of Topliss-reactive ketones (excluding diaryl/α,β-unsaturated/α-hetero) is 1. The fraction of sp³-hybridized carbons (Fsp3) is 0.300. The highest BCUT2D eigenvalue weighted by Crippen LogP contribution is 2.40. The van der Waals surface area contributed by atoms with Crippen LogP contribution in [0.4, 0.5) is 0 Å². The molecule has 6 nitrogen and oxygen atoms in total. The summed E-state index contributed by atoms with van der Waals surface area (Å²) >= 11 is 6.04. The molecule has 1 aliphatic rings. The lowest BCUT2D eigenvalue weighted by molar-refractivity contribution is -0.140. The number of hydrogen-bond donors (Lipinski definition) is 1. The highest BCUT2D eigenvalue weighted by Gasteiger charge is 2.47. The predicted octanol–water partition coefficient (Wildman–Crippen LogP) is 4.08. The van der Waals surface area contributed by atoms with E-state index in [1.807, 2.05) is 6.92 Å². The van der Waals surface area contributed by atoms with Gasteiger partial charge in [-0.05, 0) is 43.7 Å². The van der Waals surface area contributed by atoms with Gasteiger partial charge in [0.25, 0.3) is 11.7 Å². The van der Waals surface area contributed by atoms with Crippen LogP contribution < -0.4 is 4.74 Å². The molecule has 3 rings (SSSR count). The number of likely N-dealkylation sites (tertiary alicyclic amines) is 1. The smallest absolute Gasteiger partial charge is 0.295 e. The summed E-state index contributed by atoms with van der Waals surface area (Å²) in [7, 11) is 1.46. The molecular formula is C20H20ClNO5. The van der Waals surface area contributed by atoms with Crippen LogP contribution in [0.1, 0.15) is 36.5 Å². The second-order valence-corrected chi connectivity index (χ2v) is 6.70. The number of nitrogens with zero attached hydrogens (tertiary/aromatic N) is 1. The molecule has 27 heavy (non-hydrogen) atoms. The number of benzene rings is 1. The van der Waals surface area contributed by atoms with Crippen LogP contribution in [0.5, 0.6) is 5.75 Å². The molecular weight excluding hydrogens is 370 g/mol. The Hall–Kier alpha value is -2.73. The maximum Gasteiger partial charge on any atom is 0.295 e. The fourth-order valence-electron chi connectivity index (χ4n) is 3.21. The van der Waals surface area contributed by atoms with Crippen LogP contribution >= 0.6 is 11.6 Å². The van der Waals surface area contributed by atoms with Gasteiger partial charge in [-0.1, -0.05) is 18.5 Å². The van der Waals surface area contributed by atoms with Gasteiger partial charge in [0, 0.05) is 12.1 Å². The number of aryl methyl sites for hydroxylation is 1. The van der Waals surface area contributed by atoms with E-state index in [4.69, 9.17) is 20.8 Å². The Morgan fingerprint density at radius 3 is 2.63 bits per heavy atom. The first-order valence-electron chi connectivity index (χ1n) is 8.57. The van der Waals surface area contributed by atoms with E-state index < -0.39 is 17.7 Å². The van der Waals surface area contributed by atoms with E-state index in [1.165, 1.54) is 18.1 Å². The van der Waals surface area contributed by atoms with Crippen molar-refractivity contribution >= 4 is 29.1 Å². The maximum atomic E-state index is 12.7. The maximum absolute atomic E-state index is 12.7. The van der Waals surface area contributed by atoms with Crippen LogP contribution in [-0.4, -0.2) is 35.4 Å². The lowest BCUT2D eigenvalue weighted by Gasteiger charge is -2.22. The van der Waals surface area contributed by atoms with Gasteiger partial charge in [-0.25, -0.2) is 0 Å². The van der Waals surface area contributed by atoms with Gasteiger partial charge in [0.05, 0.1) is 17.7 Å². The Morgan fingerprint density at radius 2 is 2.04 bits per heavy atom. The minimum Gasteiger partial charge on any atom is -0.507 e. The standard InChI is InChI=1S/C20H20ClNO5/c1-4-9-22-17(14-8-5-11(2)27-14)16(19(24)20(22)25)18(23)12-6-7-13(21)15(10-12)26-3/h5-8,10,17,23H,4,9H2,1-3H3/b18-16-. The van der Waals surface area contributed by atoms with Gasteiger partial charge in [-0.3, -0.25) is 9.59 Å². The normalized spacial score (nSPS) is 19.0. The van der Waals surface area contributed by atoms with Crippen molar-refractivity contribution in [3.05, 3.63) is 58.0 Å². The van der Waals surface area contributed by atoms with E-state index in [0.29, 0.717) is 40.8 Å². The molecule has 0 spiro atoms. The summed E-state index contributed by atoms with van der Waals surface area (Å²) in [6, 6.07) is 7.34. The van der Waals surface area contributed by atoms with E-state index in [0.717, 1.165) is 0 Å². The number of aliphatic hydroxyl groups excluding tert-OH is 1. The molecule has 1 amide bonds. The molecule has 1 unspecified atom stereocenters. The first-order valence-corrected chi connectivity index (χ1v) is 8.95. The number of carbonyl (C=O) groups is 2. The second kappa shape index (κ2) is 7.48. The van der Waals surface area contributed by atoms with Gasteiger partial charge < -0.3 is 19.2 Å². The molecule has 1 fully saturated rings. The SMILES string of the molecule is CCCN1C(=O)C(=O)/C(=C(\O)c2ccc(Cl)c(OC)c2)C1c1ccc(C)o1. The molecule has 0 bridgehead atoms. The number of methoxy groups -OCH3 is 1. The first-order chi connectivity index (χ1) is 12.9. The summed E-state index contributed by atoms with van der Waals surface area (Å²) in [4.78, 5) is 26.7. The van der Waals surface area contributed by atoms with Gasteiger partial charge in [0.15, 0.2) is 0 Å². The van der Waals surface area contributed by atoms with Crippen molar-refractivity contribution in [2.45, 2.75) is 26.3 Å². The molecule has 7 heteroatoms. The number of halogens is 1. The highest BCUT2D eigenvalue weighted by molar-refractivity contribution is 6.46. The van der Waals surface area contributed by atoms with Crippen LogP contribution in [0, 0.1) is 6.92 Å². The first kappa shape index (κ1) is 19.0. The van der Waals surface area contributed by atoms with Crippen molar-refractivity contribution in [3.63, 3.8) is 0 Å². The van der Waals surface area contributed by atoms with Crippen molar-refractivity contribution in [1.29, 1.82) is 0 Å². The molecule has 1 atom stereocenters. The Labute approximate surface area is 162 Å². The average molecular weight is 390 g/mol. The molecule has 1 aromatic carbocycles. The van der Waals surface area contributed by atoms with Crippen LogP contribution in [0.2, 0.25) is 5.02 Å². The zero-order valence-corrected chi connectivity index (χ0v) is 16.0. The molecule has 1 saturated heterocycles. The van der Waals surface area contributed by atoms with E-state index in [9.17, 15) is 14.7 Å². The van der Waals surface area contributed by atoms with E-state index >= 15 is 0 Å². The molecule has 142 valence electrons. The number of amides is 1. The number of carbonyl (C=O) groups excluding carboxylic acids is 2. The highest BCUT2D eigenvalue weighted by atomic mass is 35.5. The zero-order chi connectivity index (χ0) is 19.7. The third-order valence-corrected chi connectivity index (χ3v) is 4.77. The minimum absolute atomic E-state index is 0.00724. The Bertz CT molecular complexity index is 930. The fourth-order valence-corrected chi connectivity index (χ4v) is 3.41. The molecule has 1 aromatic heterocycles. The number of ether oxygens (including phenoxy) is 1. The number of rotatable bonds is 5. The van der Waals surface area contributed by atoms with Crippen LogP contribution in [-0.2, 0) is 9.59 Å².